The van der Waals surface area contributed by atoms with Crippen LogP contribution >= 0.6 is 0 Å². The Morgan fingerprint density at radius 1 is 1.54 bits per heavy atom. The van der Waals surface area contributed by atoms with Gasteiger partial charge in [0.25, 0.3) is 0 Å². The van der Waals surface area contributed by atoms with E-state index in [0.29, 0.717) is 0 Å². The van der Waals surface area contributed by atoms with Crippen molar-refractivity contribution in [3.05, 3.63) is 30.3 Å². The van der Waals surface area contributed by atoms with Crippen molar-refractivity contribution in [3.63, 3.8) is 0 Å². The maximum absolute atomic E-state index is 5.59. The van der Waals surface area contributed by atoms with E-state index in [-0.39, 0.29) is 0 Å². The van der Waals surface area contributed by atoms with Gasteiger partial charge in [-0.25, -0.2) is 0 Å². The van der Waals surface area contributed by atoms with Crippen molar-refractivity contribution >= 4 is 11.0 Å². The van der Waals surface area contributed by atoms with E-state index in [1.54, 1.807) is 6.20 Å². The first-order valence-corrected chi connectivity index (χ1v) is 4.37. The zero-order valence-electron chi connectivity index (χ0n) is 7.58. The molecule has 0 saturated heterocycles. The summed E-state index contributed by atoms with van der Waals surface area (Å²) in [6.07, 6.45) is 4.49. The summed E-state index contributed by atoms with van der Waals surface area (Å²) in [7, 11) is 1.93. The molecule has 0 aromatic carbocycles. The first-order valence-electron chi connectivity index (χ1n) is 4.37. The SMILES string of the molecule is CNCCc1cc2cnccc2o1. The zero-order valence-corrected chi connectivity index (χ0v) is 7.58. The maximum atomic E-state index is 5.59. The lowest BCUT2D eigenvalue weighted by Crippen LogP contribution is -2.09. The summed E-state index contributed by atoms with van der Waals surface area (Å²) >= 11 is 0. The van der Waals surface area contributed by atoms with Crippen LogP contribution in [-0.2, 0) is 6.42 Å². The third kappa shape index (κ3) is 1.70. The Labute approximate surface area is 76.8 Å². The summed E-state index contributed by atoms with van der Waals surface area (Å²) in [4.78, 5) is 4.03. The highest BCUT2D eigenvalue weighted by Gasteiger charge is 2.01. The van der Waals surface area contributed by atoms with Gasteiger partial charge in [0.2, 0.25) is 0 Å². The van der Waals surface area contributed by atoms with Gasteiger partial charge in [-0.1, -0.05) is 0 Å². The van der Waals surface area contributed by atoms with Gasteiger partial charge in [0.15, 0.2) is 0 Å². The molecule has 2 heterocycles. The maximum Gasteiger partial charge on any atom is 0.137 e. The highest BCUT2D eigenvalue weighted by Crippen LogP contribution is 2.17. The molecule has 68 valence electrons. The van der Waals surface area contributed by atoms with Crippen LogP contribution in [0.25, 0.3) is 11.0 Å². The van der Waals surface area contributed by atoms with Crippen LogP contribution in [0.4, 0.5) is 0 Å². The Bertz CT molecular complexity index is 361. The molecule has 2 aromatic rings. The molecule has 3 nitrogen and oxygen atoms in total. The van der Waals surface area contributed by atoms with Gasteiger partial charge in [0, 0.05) is 30.7 Å². The molecule has 0 aliphatic rings. The molecule has 0 amide bonds. The fourth-order valence-electron chi connectivity index (χ4n) is 1.31. The molecular weight excluding hydrogens is 164 g/mol. The Morgan fingerprint density at radius 2 is 2.46 bits per heavy atom. The van der Waals surface area contributed by atoms with Gasteiger partial charge < -0.3 is 9.73 Å². The highest BCUT2D eigenvalue weighted by atomic mass is 16.3. The zero-order chi connectivity index (χ0) is 9.10. The second kappa shape index (κ2) is 3.58. The summed E-state index contributed by atoms with van der Waals surface area (Å²) in [6.45, 7) is 0.938. The predicted molar refractivity (Wildman–Crippen MR) is 51.6 cm³/mol. The summed E-state index contributed by atoms with van der Waals surface area (Å²) in [6, 6.07) is 3.93. The van der Waals surface area contributed by atoms with Crippen LogP contribution in [0.5, 0.6) is 0 Å². The third-order valence-corrected chi connectivity index (χ3v) is 1.99. The minimum Gasteiger partial charge on any atom is -0.461 e. The topological polar surface area (TPSA) is 38.1 Å². The number of furan rings is 1. The van der Waals surface area contributed by atoms with E-state index in [0.717, 1.165) is 29.7 Å². The first-order chi connectivity index (χ1) is 6.40. The normalized spacial score (nSPS) is 10.8. The lowest BCUT2D eigenvalue weighted by molar-refractivity contribution is 0.541. The Morgan fingerprint density at radius 3 is 3.23 bits per heavy atom. The summed E-state index contributed by atoms with van der Waals surface area (Å²) in [5.41, 5.74) is 0.918. The molecule has 0 bridgehead atoms. The number of nitrogens with one attached hydrogen (secondary N) is 1. The van der Waals surface area contributed by atoms with E-state index in [1.165, 1.54) is 0 Å². The van der Waals surface area contributed by atoms with Crippen LogP contribution in [0.3, 0.4) is 0 Å². The lowest BCUT2D eigenvalue weighted by atomic mass is 10.3. The van der Waals surface area contributed by atoms with E-state index in [2.05, 4.69) is 10.3 Å². The fourth-order valence-corrected chi connectivity index (χ4v) is 1.31. The predicted octanol–water partition coefficient (Wildman–Crippen LogP) is 1.59. The fraction of sp³-hybridized carbons (Fsp3) is 0.300. The van der Waals surface area contributed by atoms with Crippen LogP contribution in [0.1, 0.15) is 5.76 Å². The minimum absolute atomic E-state index is 0.918. The molecule has 0 aliphatic carbocycles. The second-order valence-corrected chi connectivity index (χ2v) is 2.98. The van der Waals surface area contributed by atoms with Gasteiger partial charge in [-0.05, 0) is 19.2 Å². The molecule has 2 aromatic heterocycles. The molecule has 0 fully saturated rings. The smallest absolute Gasteiger partial charge is 0.137 e. The van der Waals surface area contributed by atoms with Crippen molar-refractivity contribution in [3.8, 4) is 0 Å². The number of likely N-dealkylation sites (N-methyl/N-ethyl adjacent to an activating group) is 1. The molecule has 0 spiro atoms. The number of pyridine rings is 1. The molecular formula is C10H12N2O. The average molecular weight is 176 g/mol. The van der Waals surface area contributed by atoms with Gasteiger partial charge in [0.1, 0.15) is 11.3 Å². The van der Waals surface area contributed by atoms with Crippen LogP contribution in [0, 0.1) is 0 Å². The monoisotopic (exact) mass is 176 g/mol. The van der Waals surface area contributed by atoms with E-state index in [1.807, 2.05) is 25.4 Å². The third-order valence-electron chi connectivity index (χ3n) is 1.99. The number of hydrogen-bond acceptors (Lipinski definition) is 3. The van der Waals surface area contributed by atoms with Crippen molar-refractivity contribution in [1.29, 1.82) is 0 Å². The number of fused-ring (bicyclic) bond motifs is 1. The van der Waals surface area contributed by atoms with Gasteiger partial charge in [-0.15, -0.1) is 0 Å². The van der Waals surface area contributed by atoms with Crippen molar-refractivity contribution < 1.29 is 4.42 Å². The minimum atomic E-state index is 0.918. The molecule has 0 atom stereocenters. The van der Waals surface area contributed by atoms with Gasteiger partial charge in [0.05, 0.1) is 0 Å². The molecule has 0 aliphatic heterocycles. The summed E-state index contributed by atoms with van der Waals surface area (Å²) in [5, 5.41) is 4.16. The molecule has 0 radical (unpaired) electrons. The van der Waals surface area contributed by atoms with Crippen LogP contribution < -0.4 is 5.32 Å². The van der Waals surface area contributed by atoms with E-state index in [4.69, 9.17) is 4.42 Å². The van der Waals surface area contributed by atoms with Crippen LogP contribution in [-0.4, -0.2) is 18.6 Å². The van der Waals surface area contributed by atoms with Crippen molar-refractivity contribution in [2.45, 2.75) is 6.42 Å². The Kier molecular flexibility index (Phi) is 2.27. The van der Waals surface area contributed by atoms with Crippen molar-refractivity contribution in [2.75, 3.05) is 13.6 Å². The van der Waals surface area contributed by atoms with Crippen molar-refractivity contribution in [2.24, 2.45) is 0 Å². The van der Waals surface area contributed by atoms with E-state index >= 15 is 0 Å². The lowest BCUT2D eigenvalue weighted by Gasteiger charge is -1.93. The molecule has 0 saturated carbocycles. The first kappa shape index (κ1) is 8.26. The molecule has 2 rings (SSSR count). The van der Waals surface area contributed by atoms with Crippen LogP contribution in [0.15, 0.2) is 28.9 Å². The number of nitrogens with zero attached hydrogens (tertiary/aromatic N) is 1. The Hall–Kier alpha value is -1.35. The van der Waals surface area contributed by atoms with Crippen molar-refractivity contribution in [1.82, 2.24) is 10.3 Å². The quantitative estimate of drug-likeness (QED) is 0.771. The van der Waals surface area contributed by atoms with Gasteiger partial charge in [-0.2, -0.15) is 0 Å². The van der Waals surface area contributed by atoms with E-state index in [9.17, 15) is 0 Å². The summed E-state index contributed by atoms with van der Waals surface area (Å²) in [5.74, 6) is 1.01. The molecule has 3 heteroatoms. The van der Waals surface area contributed by atoms with E-state index < -0.39 is 0 Å². The summed E-state index contributed by atoms with van der Waals surface area (Å²) < 4.78 is 5.59. The largest absolute Gasteiger partial charge is 0.461 e. The standard InChI is InChI=1S/C10H12N2O/c1-11-4-2-9-6-8-7-12-5-3-10(8)13-9/h3,5-7,11H,2,4H2,1H3. The molecule has 1 N–H and O–H groups in total. The number of rotatable bonds is 3. The molecule has 13 heavy (non-hydrogen) atoms. The number of aromatic nitrogens is 1. The van der Waals surface area contributed by atoms with Crippen LogP contribution in [0.2, 0.25) is 0 Å². The highest BCUT2D eigenvalue weighted by molar-refractivity contribution is 5.76. The number of hydrogen-bond donors (Lipinski definition) is 1. The van der Waals surface area contributed by atoms with Gasteiger partial charge >= 0.3 is 0 Å². The second-order valence-electron chi connectivity index (χ2n) is 2.98. The average Bonchev–Trinajstić information content (AvgIpc) is 2.57. The van der Waals surface area contributed by atoms with Gasteiger partial charge in [-0.3, -0.25) is 4.98 Å². The Balaban J connectivity index is 2.28. The molecule has 0 unspecified atom stereocenters.